The molecule has 19 heavy (non-hydrogen) atoms. The average molecular weight is 284 g/mol. The van der Waals surface area contributed by atoms with Gasteiger partial charge in [-0.2, -0.15) is 10.2 Å². The van der Waals surface area contributed by atoms with Crippen LogP contribution < -0.4 is 17.0 Å². The molecule has 0 saturated heterocycles. The predicted molar refractivity (Wildman–Crippen MR) is 74.4 cm³/mol. The van der Waals surface area contributed by atoms with Crippen molar-refractivity contribution in [2.24, 2.45) is 12.9 Å². The summed E-state index contributed by atoms with van der Waals surface area (Å²) in [6, 6.07) is -0.170. The Morgan fingerprint density at radius 3 is 2.79 bits per heavy atom. The lowest BCUT2D eigenvalue weighted by atomic mass is 10.0. The Balaban J connectivity index is 2.29. The van der Waals surface area contributed by atoms with Gasteiger partial charge in [-0.05, 0) is 6.42 Å². The minimum atomic E-state index is -0.170. The second-order valence-electron chi connectivity index (χ2n) is 4.35. The van der Waals surface area contributed by atoms with Gasteiger partial charge >= 0.3 is 0 Å². The molecule has 2 aromatic rings. The molecule has 0 bridgehead atoms. The van der Waals surface area contributed by atoms with E-state index in [0.717, 1.165) is 23.4 Å². The molecule has 0 saturated carbocycles. The van der Waals surface area contributed by atoms with Crippen molar-refractivity contribution >= 4 is 17.4 Å². The second kappa shape index (κ2) is 5.60. The van der Waals surface area contributed by atoms with Crippen LogP contribution in [0.2, 0.25) is 5.02 Å². The summed E-state index contributed by atoms with van der Waals surface area (Å²) < 4.78 is 1.78. The smallest absolute Gasteiger partial charge is 0.123 e. The summed E-state index contributed by atoms with van der Waals surface area (Å²) in [6.07, 6.45) is 3.04. The minimum absolute atomic E-state index is 0.170. The molecule has 104 valence electrons. The largest absolute Gasteiger partial charge is 0.384 e. The number of aromatic nitrogens is 4. The average Bonchev–Trinajstić information content (AvgIpc) is 2.93. The fourth-order valence-electron chi connectivity index (χ4n) is 2.08. The van der Waals surface area contributed by atoms with Crippen LogP contribution in [0.25, 0.3) is 0 Å². The van der Waals surface area contributed by atoms with Crippen LogP contribution in [0.3, 0.4) is 0 Å². The first kappa shape index (κ1) is 13.9. The molecule has 0 aliphatic heterocycles. The van der Waals surface area contributed by atoms with Gasteiger partial charge in [0.2, 0.25) is 0 Å². The van der Waals surface area contributed by atoms with Crippen molar-refractivity contribution in [3.05, 3.63) is 28.2 Å². The molecule has 1 unspecified atom stereocenters. The number of nitrogen functional groups attached to an aromatic ring is 1. The van der Waals surface area contributed by atoms with Gasteiger partial charge in [0.05, 0.1) is 28.6 Å². The van der Waals surface area contributed by atoms with Crippen molar-refractivity contribution in [3.8, 4) is 0 Å². The number of anilines is 1. The number of halogens is 1. The van der Waals surface area contributed by atoms with Crippen LogP contribution in [-0.2, 0) is 19.9 Å². The lowest BCUT2D eigenvalue weighted by molar-refractivity contribution is 0.531. The van der Waals surface area contributed by atoms with Crippen LogP contribution in [0.4, 0.5) is 5.82 Å². The van der Waals surface area contributed by atoms with E-state index >= 15 is 0 Å². The van der Waals surface area contributed by atoms with Gasteiger partial charge in [-0.3, -0.25) is 21.0 Å². The fraction of sp³-hybridized carbons (Fsp3) is 0.455. The monoisotopic (exact) mass is 283 g/mol. The second-order valence-corrected chi connectivity index (χ2v) is 4.72. The number of nitrogens with one attached hydrogen (secondary N) is 2. The van der Waals surface area contributed by atoms with E-state index in [2.05, 4.69) is 20.7 Å². The Bertz CT molecular complexity index is 559. The molecule has 0 fully saturated rings. The maximum absolute atomic E-state index is 6.33. The van der Waals surface area contributed by atoms with Crippen molar-refractivity contribution in [2.75, 3.05) is 5.73 Å². The molecule has 0 spiro atoms. The molecule has 8 heteroatoms. The summed E-state index contributed by atoms with van der Waals surface area (Å²) in [5.74, 6) is 6.10. The molecule has 0 radical (unpaired) electrons. The Hall–Kier alpha value is -1.57. The highest BCUT2D eigenvalue weighted by Crippen LogP contribution is 2.27. The lowest BCUT2D eigenvalue weighted by Crippen LogP contribution is -2.30. The maximum atomic E-state index is 6.33. The van der Waals surface area contributed by atoms with Gasteiger partial charge in [0.25, 0.3) is 0 Å². The molecule has 7 nitrogen and oxygen atoms in total. The van der Waals surface area contributed by atoms with Crippen molar-refractivity contribution in [1.82, 2.24) is 25.4 Å². The molecule has 0 amide bonds. The Morgan fingerprint density at radius 1 is 1.58 bits per heavy atom. The summed E-state index contributed by atoms with van der Waals surface area (Å²) in [7, 11) is 1.87. The molecule has 2 aromatic heterocycles. The van der Waals surface area contributed by atoms with E-state index in [4.69, 9.17) is 23.2 Å². The first-order valence-corrected chi connectivity index (χ1v) is 6.41. The number of nitrogens with zero attached hydrogens (tertiary/aromatic N) is 3. The summed E-state index contributed by atoms with van der Waals surface area (Å²) in [6.45, 7) is 2.02. The summed E-state index contributed by atoms with van der Waals surface area (Å²) in [5, 5.41) is 11.7. The molecule has 6 N–H and O–H groups in total. The highest BCUT2D eigenvalue weighted by atomic mass is 35.5. The zero-order chi connectivity index (χ0) is 14.0. The van der Waals surface area contributed by atoms with Crippen LogP contribution in [0, 0.1) is 0 Å². The van der Waals surface area contributed by atoms with E-state index in [9.17, 15) is 0 Å². The van der Waals surface area contributed by atoms with E-state index < -0.39 is 0 Å². The van der Waals surface area contributed by atoms with Gasteiger partial charge in [-0.25, -0.2) is 0 Å². The van der Waals surface area contributed by atoms with E-state index in [-0.39, 0.29) is 6.04 Å². The normalized spacial score (nSPS) is 12.8. The van der Waals surface area contributed by atoms with Gasteiger partial charge in [-0.1, -0.05) is 18.5 Å². The zero-order valence-electron chi connectivity index (χ0n) is 10.9. The quantitative estimate of drug-likeness (QED) is 0.477. The first-order valence-electron chi connectivity index (χ1n) is 6.03. The molecular weight excluding hydrogens is 266 g/mol. The standard InChI is InChI=1S/C11H18ClN7/c1-3-7-10(12)9(19(2)18-7)4-8(16-14)6-5-15-17-11(6)13/h5,8,16H,3-4,14H2,1-2H3,(H3,13,15,17). The molecule has 2 rings (SSSR count). The number of nitrogens with two attached hydrogens (primary N) is 2. The number of aryl methyl sites for hydroxylation is 2. The fourth-order valence-corrected chi connectivity index (χ4v) is 2.45. The van der Waals surface area contributed by atoms with Crippen LogP contribution in [-0.4, -0.2) is 20.0 Å². The highest BCUT2D eigenvalue weighted by molar-refractivity contribution is 6.31. The number of hydrogen-bond donors (Lipinski definition) is 4. The number of hydrazine groups is 1. The SMILES string of the molecule is CCc1nn(C)c(CC(NN)c2cn[nH]c2N)c1Cl. The van der Waals surface area contributed by atoms with E-state index in [1.807, 2.05) is 14.0 Å². The van der Waals surface area contributed by atoms with Crippen molar-refractivity contribution < 1.29 is 0 Å². The van der Waals surface area contributed by atoms with Crippen LogP contribution >= 0.6 is 11.6 Å². The molecule has 0 aliphatic rings. The first-order chi connectivity index (χ1) is 9.08. The van der Waals surface area contributed by atoms with Crippen LogP contribution in [0.15, 0.2) is 6.20 Å². The van der Waals surface area contributed by atoms with Crippen molar-refractivity contribution in [3.63, 3.8) is 0 Å². The lowest BCUT2D eigenvalue weighted by Gasteiger charge is -2.15. The van der Waals surface area contributed by atoms with Gasteiger partial charge in [0, 0.05) is 19.0 Å². The summed E-state index contributed by atoms with van der Waals surface area (Å²) in [4.78, 5) is 0. The predicted octanol–water partition coefficient (Wildman–Crippen LogP) is 0.688. The number of hydrogen-bond acceptors (Lipinski definition) is 5. The Kier molecular flexibility index (Phi) is 4.08. The third-order valence-electron chi connectivity index (χ3n) is 3.18. The van der Waals surface area contributed by atoms with Gasteiger partial charge in [0.1, 0.15) is 5.82 Å². The van der Waals surface area contributed by atoms with Gasteiger partial charge in [-0.15, -0.1) is 0 Å². The Labute approximate surface area is 116 Å². The third-order valence-corrected chi connectivity index (χ3v) is 3.61. The molecule has 1 atom stereocenters. The van der Waals surface area contributed by atoms with E-state index in [0.29, 0.717) is 17.3 Å². The zero-order valence-corrected chi connectivity index (χ0v) is 11.7. The number of rotatable bonds is 5. The number of H-pyrrole nitrogens is 1. The minimum Gasteiger partial charge on any atom is -0.384 e. The Morgan fingerprint density at radius 2 is 2.32 bits per heavy atom. The highest BCUT2D eigenvalue weighted by Gasteiger charge is 2.20. The maximum Gasteiger partial charge on any atom is 0.123 e. The van der Waals surface area contributed by atoms with Crippen molar-refractivity contribution in [2.45, 2.75) is 25.8 Å². The molecule has 0 aliphatic carbocycles. The van der Waals surface area contributed by atoms with E-state index in [1.54, 1.807) is 10.9 Å². The topological polar surface area (TPSA) is 111 Å². The molecule has 2 heterocycles. The van der Waals surface area contributed by atoms with E-state index in [1.165, 1.54) is 0 Å². The molecule has 0 aromatic carbocycles. The van der Waals surface area contributed by atoms with Crippen LogP contribution in [0.1, 0.15) is 29.9 Å². The van der Waals surface area contributed by atoms with Crippen LogP contribution in [0.5, 0.6) is 0 Å². The van der Waals surface area contributed by atoms with Crippen molar-refractivity contribution in [1.29, 1.82) is 0 Å². The number of aromatic amines is 1. The van der Waals surface area contributed by atoms with Gasteiger partial charge < -0.3 is 5.73 Å². The van der Waals surface area contributed by atoms with Gasteiger partial charge in [0.15, 0.2) is 0 Å². The summed E-state index contributed by atoms with van der Waals surface area (Å²) >= 11 is 6.33. The molecular formula is C11H18ClN7. The third kappa shape index (κ3) is 2.58. The summed E-state index contributed by atoms with van der Waals surface area (Å²) in [5.41, 5.74) is 11.2.